The van der Waals surface area contributed by atoms with Gasteiger partial charge in [0.15, 0.2) is 23.3 Å². The van der Waals surface area contributed by atoms with E-state index in [9.17, 15) is 17.6 Å². The molecule has 1 fully saturated rings. The first-order valence-corrected chi connectivity index (χ1v) is 10.6. The Kier molecular flexibility index (Phi) is 6.15. The molecule has 5 heteroatoms. The number of ether oxygens (including phenoxy) is 1. The van der Waals surface area contributed by atoms with Crippen LogP contribution in [0.2, 0.25) is 0 Å². The summed E-state index contributed by atoms with van der Waals surface area (Å²) in [4.78, 5) is 0. The van der Waals surface area contributed by atoms with Crippen LogP contribution in [0.3, 0.4) is 0 Å². The fourth-order valence-electron chi connectivity index (χ4n) is 4.08. The number of aryl methyl sites for hydroxylation is 1. The molecule has 0 N–H and O–H groups in total. The van der Waals surface area contributed by atoms with E-state index in [-0.39, 0.29) is 16.7 Å². The lowest BCUT2D eigenvalue weighted by molar-refractivity contribution is -0.0144. The molecule has 0 aliphatic carbocycles. The summed E-state index contributed by atoms with van der Waals surface area (Å²) in [5.41, 5.74) is 1.71. The molecule has 2 atom stereocenters. The molecule has 31 heavy (non-hydrogen) atoms. The van der Waals surface area contributed by atoms with Crippen LogP contribution in [0.4, 0.5) is 17.6 Å². The Bertz CT molecular complexity index is 1080. The van der Waals surface area contributed by atoms with Crippen molar-refractivity contribution in [2.45, 2.75) is 39.2 Å². The second-order valence-electron chi connectivity index (χ2n) is 8.17. The minimum Gasteiger partial charge on any atom is -0.373 e. The maximum atomic E-state index is 14.9. The Morgan fingerprint density at radius 3 is 1.87 bits per heavy atom. The molecule has 3 aromatic carbocycles. The maximum Gasteiger partial charge on any atom is 0.167 e. The zero-order chi connectivity index (χ0) is 22.1. The van der Waals surface area contributed by atoms with E-state index in [2.05, 4.69) is 6.92 Å². The predicted octanol–water partition coefficient (Wildman–Crippen LogP) is 7.63. The van der Waals surface area contributed by atoms with E-state index in [4.69, 9.17) is 4.74 Å². The zero-order valence-corrected chi connectivity index (χ0v) is 17.5. The number of benzene rings is 3. The number of rotatable bonds is 4. The Hall–Kier alpha value is -2.66. The first kappa shape index (κ1) is 21.6. The number of hydrogen-bond acceptors (Lipinski definition) is 1. The quantitative estimate of drug-likeness (QED) is 0.388. The van der Waals surface area contributed by atoms with Crippen molar-refractivity contribution in [2.75, 3.05) is 6.61 Å². The molecule has 0 radical (unpaired) electrons. The summed E-state index contributed by atoms with van der Waals surface area (Å²) >= 11 is 0. The average molecular weight is 428 g/mol. The van der Waals surface area contributed by atoms with Crippen LogP contribution in [0.25, 0.3) is 22.3 Å². The van der Waals surface area contributed by atoms with Gasteiger partial charge in [0.1, 0.15) is 0 Å². The fraction of sp³-hybridized carbons (Fsp3) is 0.308. The van der Waals surface area contributed by atoms with Crippen molar-refractivity contribution in [3.05, 3.63) is 82.9 Å². The van der Waals surface area contributed by atoms with Gasteiger partial charge in [0.2, 0.25) is 0 Å². The summed E-state index contributed by atoms with van der Waals surface area (Å²) in [5.74, 6) is -3.18. The van der Waals surface area contributed by atoms with Gasteiger partial charge in [0.25, 0.3) is 0 Å². The van der Waals surface area contributed by atoms with Crippen molar-refractivity contribution in [3.63, 3.8) is 0 Å². The molecule has 1 aliphatic heterocycles. The Balaban J connectivity index is 1.63. The van der Waals surface area contributed by atoms with Crippen molar-refractivity contribution in [1.82, 2.24) is 0 Å². The molecule has 0 saturated carbocycles. The molecule has 3 aromatic rings. The van der Waals surface area contributed by atoms with Gasteiger partial charge < -0.3 is 4.74 Å². The molecular formula is C26H24F4O. The molecule has 0 spiro atoms. The van der Waals surface area contributed by atoms with E-state index in [1.807, 2.05) is 0 Å². The highest BCUT2D eigenvalue weighted by atomic mass is 19.2. The van der Waals surface area contributed by atoms with Crippen LogP contribution in [0.5, 0.6) is 0 Å². The molecule has 1 nitrogen and oxygen atoms in total. The van der Waals surface area contributed by atoms with E-state index < -0.39 is 29.4 Å². The van der Waals surface area contributed by atoms with Crippen molar-refractivity contribution in [1.29, 1.82) is 0 Å². The first-order valence-electron chi connectivity index (χ1n) is 10.6. The van der Waals surface area contributed by atoms with E-state index in [1.54, 1.807) is 49.4 Å². The minimum atomic E-state index is -0.933. The molecule has 0 aromatic heterocycles. The standard InChI is InChI=1S/C26H24F4O/c1-3-16-9-10-19(24(28)23(16)27)17-5-7-18(8-6-17)20-11-12-21(26(30)25(20)29)22-13-4-15(2)14-31-22/h5-12,15,22H,3-4,13-14H2,1-2H3. The lowest BCUT2D eigenvalue weighted by atomic mass is 9.93. The van der Waals surface area contributed by atoms with E-state index >= 15 is 0 Å². The maximum absolute atomic E-state index is 14.9. The average Bonchev–Trinajstić information content (AvgIpc) is 2.78. The summed E-state index contributed by atoms with van der Waals surface area (Å²) in [6.07, 6.45) is 1.52. The molecule has 162 valence electrons. The molecule has 2 unspecified atom stereocenters. The Labute approximate surface area is 179 Å². The summed E-state index contributed by atoms with van der Waals surface area (Å²) in [7, 11) is 0. The van der Waals surface area contributed by atoms with Crippen LogP contribution in [0, 0.1) is 29.2 Å². The smallest absolute Gasteiger partial charge is 0.167 e. The van der Waals surface area contributed by atoms with E-state index in [0.717, 1.165) is 6.42 Å². The molecule has 1 saturated heterocycles. The van der Waals surface area contributed by atoms with E-state index in [1.165, 1.54) is 6.07 Å². The van der Waals surface area contributed by atoms with Gasteiger partial charge in [-0.1, -0.05) is 62.4 Å². The highest BCUT2D eigenvalue weighted by molar-refractivity contribution is 5.71. The molecular weight excluding hydrogens is 404 g/mol. The second-order valence-corrected chi connectivity index (χ2v) is 8.17. The molecule has 0 bridgehead atoms. The van der Waals surface area contributed by atoms with Crippen molar-refractivity contribution in [2.24, 2.45) is 5.92 Å². The third-order valence-corrected chi connectivity index (χ3v) is 6.01. The second kappa shape index (κ2) is 8.83. The van der Waals surface area contributed by atoms with Crippen molar-refractivity contribution in [3.8, 4) is 22.3 Å². The molecule has 4 rings (SSSR count). The third kappa shape index (κ3) is 4.11. The lowest BCUT2D eigenvalue weighted by Crippen LogP contribution is -2.19. The monoisotopic (exact) mass is 428 g/mol. The highest BCUT2D eigenvalue weighted by Crippen LogP contribution is 2.36. The summed E-state index contributed by atoms with van der Waals surface area (Å²) in [5, 5.41) is 0. The SMILES string of the molecule is CCc1ccc(-c2ccc(-c3ccc(C4CCC(C)CO4)c(F)c3F)cc2)c(F)c1F. The minimum absolute atomic E-state index is 0.116. The van der Waals surface area contributed by atoms with Crippen molar-refractivity contribution < 1.29 is 22.3 Å². The third-order valence-electron chi connectivity index (χ3n) is 6.01. The van der Waals surface area contributed by atoms with Crippen LogP contribution < -0.4 is 0 Å². The number of halogens is 4. The van der Waals surface area contributed by atoms with Crippen molar-refractivity contribution >= 4 is 0 Å². The molecule has 1 aliphatic rings. The Morgan fingerprint density at radius 1 is 0.742 bits per heavy atom. The van der Waals surface area contributed by atoms with Crippen LogP contribution in [-0.4, -0.2) is 6.61 Å². The summed E-state index contributed by atoms with van der Waals surface area (Å²) in [6, 6.07) is 12.5. The van der Waals surface area contributed by atoms with Crippen LogP contribution in [-0.2, 0) is 11.2 Å². The largest absolute Gasteiger partial charge is 0.373 e. The first-order chi connectivity index (χ1) is 14.9. The zero-order valence-electron chi connectivity index (χ0n) is 17.5. The molecule has 1 heterocycles. The number of hydrogen-bond donors (Lipinski definition) is 0. The highest BCUT2D eigenvalue weighted by Gasteiger charge is 2.25. The van der Waals surface area contributed by atoms with E-state index in [0.29, 0.717) is 42.1 Å². The van der Waals surface area contributed by atoms with Gasteiger partial charge in [-0.05, 0) is 41.9 Å². The van der Waals surface area contributed by atoms with Crippen LogP contribution >= 0.6 is 0 Å². The van der Waals surface area contributed by atoms with Gasteiger partial charge >= 0.3 is 0 Å². The van der Waals surface area contributed by atoms with Gasteiger partial charge in [-0.15, -0.1) is 0 Å². The van der Waals surface area contributed by atoms with Crippen LogP contribution in [0.1, 0.15) is 43.9 Å². The van der Waals surface area contributed by atoms with Crippen LogP contribution in [0.15, 0.2) is 48.5 Å². The lowest BCUT2D eigenvalue weighted by Gasteiger charge is -2.27. The normalized spacial score (nSPS) is 18.9. The van der Waals surface area contributed by atoms with Gasteiger partial charge in [0.05, 0.1) is 6.10 Å². The van der Waals surface area contributed by atoms with Gasteiger partial charge in [-0.25, -0.2) is 17.6 Å². The molecule has 0 amide bonds. The van der Waals surface area contributed by atoms with Gasteiger partial charge in [-0.2, -0.15) is 0 Å². The Morgan fingerprint density at radius 2 is 1.32 bits per heavy atom. The topological polar surface area (TPSA) is 9.23 Å². The predicted molar refractivity (Wildman–Crippen MR) is 114 cm³/mol. The fourth-order valence-corrected chi connectivity index (χ4v) is 4.08. The summed E-state index contributed by atoms with van der Waals surface area (Å²) < 4.78 is 63.9. The van der Waals surface area contributed by atoms with Gasteiger partial charge in [-0.3, -0.25) is 0 Å². The summed E-state index contributed by atoms with van der Waals surface area (Å²) in [6.45, 7) is 4.36. The van der Waals surface area contributed by atoms with Gasteiger partial charge in [0, 0.05) is 23.3 Å².